The lowest BCUT2D eigenvalue weighted by Gasteiger charge is -2.11. The number of nitrogens with one attached hydrogen (secondary N) is 1. The molecule has 0 fully saturated rings. The zero-order valence-corrected chi connectivity index (χ0v) is 13.1. The first-order valence-corrected chi connectivity index (χ1v) is 7.36. The Kier molecular flexibility index (Phi) is 3.92. The van der Waals surface area contributed by atoms with E-state index in [4.69, 9.17) is 5.73 Å². The molecule has 0 spiro atoms. The van der Waals surface area contributed by atoms with Crippen LogP contribution in [0.5, 0.6) is 0 Å². The SMILES string of the molecule is Cc1nc2nncn2c(C)c1CCC(=O)Nc1ccc(N)cc1. The second-order valence-corrected chi connectivity index (χ2v) is 5.43. The molecule has 3 rings (SSSR count). The molecule has 0 unspecified atom stereocenters. The molecule has 0 saturated heterocycles. The van der Waals surface area contributed by atoms with Gasteiger partial charge in [0.1, 0.15) is 6.33 Å². The molecule has 0 aliphatic carbocycles. The van der Waals surface area contributed by atoms with E-state index in [1.165, 1.54) is 0 Å². The van der Waals surface area contributed by atoms with Gasteiger partial charge in [0.05, 0.1) is 0 Å². The first kappa shape index (κ1) is 15.0. The van der Waals surface area contributed by atoms with Crippen molar-refractivity contribution < 1.29 is 4.79 Å². The molecule has 0 aliphatic rings. The molecule has 3 N–H and O–H groups in total. The summed E-state index contributed by atoms with van der Waals surface area (Å²) in [6.45, 7) is 3.91. The normalized spacial score (nSPS) is 10.9. The monoisotopic (exact) mass is 310 g/mol. The number of hydrogen-bond donors (Lipinski definition) is 2. The lowest BCUT2D eigenvalue weighted by Crippen LogP contribution is -2.14. The van der Waals surface area contributed by atoms with E-state index in [9.17, 15) is 4.79 Å². The lowest BCUT2D eigenvalue weighted by atomic mass is 10.1. The second kappa shape index (κ2) is 6.04. The number of amides is 1. The van der Waals surface area contributed by atoms with Gasteiger partial charge in [0.25, 0.3) is 5.78 Å². The number of anilines is 2. The quantitative estimate of drug-likeness (QED) is 0.717. The minimum atomic E-state index is -0.0441. The van der Waals surface area contributed by atoms with E-state index in [0.717, 1.165) is 22.6 Å². The van der Waals surface area contributed by atoms with Gasteiger partial charge in [-0.1, -0.05) is 0 Å². The van der Waals surface area contributed by atoms with E-state index in [-0.39, 0.29) is 5.91 Å². The van der Waals surface area contributed by atoms with E-state index < -0.39 is 0 Å². The van der Waals surface area contributed by atoms with E-state index in [1.807, 2.05) is 18.2 Å². The molecule has 2 heterocycles. The Labute approximate surface area is 133 Å². The zero-order valence-electron chi connectivity index (χ0n) is 13.1. The van der Waals surface area contributed by atoms with Gasteiger partial charge >= 0.3 is 0 Å². The molecule has 1 amide bonds. The molecule has 3 aromatic rings. The molecule has 2 aromatic heterocycles. The summed E-state index contributed by atoms with van der Waals surface area (Å²) in [6, 6.07) is 7.09. The molecule has 7 heteroatoms. The van der Waals surface area contributed by atoms with Crippen LogP contribution in [-0.2, 0) is 11.2 Å². The number of aromatic nitrogens is 4. The molecule has 0 radical (unpaired) electrons. The van der Waals surface area contributed by atoms with Crippen molar-refractivity contribution in [3.05, 3.63) is 47.5 Å². The summed E-state index contributed by atoms with van der Waals surface area (Å²) in [5.41, 5.74) is 9.98. The van der Waals surface area contributed by atoms with Crippen molar-refractivity contribution in [1.82, 2.24) is 19.6 Å². The fourth-order valence-corrected chi connectivity index (χ4v) is 2.56. The van der Waals surface area contributed by atoms with Crippen LogP contribution in [-0.4, -0.2) is 25.5 Å². The summed E-state index contributed by atoms with van der Waals surface area (Å²) in [6.07, 6.45) is 2.62. The van der Waals surface area contributed by atoms with Gasteiger partial charge in [-0.15, -0.1) is 10.2 Å². The lowest BCUT2D eigenvalue weighted by molar-refractivity contribution is -0.116. The Morgan fingerprint density at radius 1 is 1.26 bits per heavy atom. The van der Waals surface area contributed by atoms with E-state index >= 15 is 0 Å². The molecule has 0 atom stereocenters. The van der Waals surface area contributed by atoms with Crippen molar-refractivity contribution in [2.75, 3.05) is 11.1 Å². The van der Waals surface area contributed by atoms with Gasteiger partial charge in [-0.2, -0.15) is 0 Å². The smallest absolute Gasteiger partial charge is 0.255 e. The third-order valence-corrected chi connectivity index (χ3v) is 3.83. The Morgan fingerprint density at radius 2 is 2.00 bits per heavy atom. The number of fused-ring (bicyclic) bond motifs is 1. The maximum atomic E-state index is 12.1. The number of nitrogens with zero attached hydrogens (tertiary/aromatic N) is 4. The Balaban J connectivity index is 1.70. The van der Waals surface area contributed by atoms with E-state index in [1.54, 1.807) is 30.6 Å². The van der Waals surface area contributed by atoms with Crippen molar-refractivity contribution in [2.24, 2.45) is 0 Å². The molecule has 0 aliphatic heterocycles. The van der Waals surface area contributed by atoms with Crippen molar-refractivity contribution >= 4 is 23.1 Å². The van der Waals surface area contributed by atoms with Gasteiger partial charge in [-0.3, -0.25) is 9.20 Å². The van der Waals surface area contributed by atoms with Crippen LogP contribution < -0.4 is 11.1 Å². The van der Waals surface area contributed by atoms with E-state index in [0.29, 0.717) is 24.3 Å². The minimum absolute atomic E-state index is 0.0441. The average Bonchev–Trinajstić information content (AvgIpc) is 2.98. The van der Waals surface area contributed by atoms with Crippen LogP contribution in [0.4, 0.5) is 11.4 Å². The summed E-state index contributed by atoms with van der Waals surface area (Å²) in [5, 5.41) is 10.7. The predicted molar refractivity (Wildman–Crippen MR) is 88.1 cm³/mol. The maximum Gasteiger partial charge on any atom is 0.255 e. The number of carbonyl (C=O) groups excluding carboxylic acids is 1. The van der Waals surface area contributed by atoms with Crippen LogP contribution in [0.1, 0.15) is 23.4 Å². The Morgan fingerprint density at radius 3 is 2.74 bits per heavy atom. The fourth-order valence-electron chi connectivity index (χ4n) is 2.56. The van der Waals surface area contributed by atoms with Gasteiger partial charge in [-0.25, -0.2) is 4.98 Å². The van der Waals surface area contributed by atoms with Crippen molar-refractivity contribution in [3.8, 4) is 0 Å². The van der Waals surface area contributed by atoms with Gasteiger partial charge < -0.3 is 11.1 Å². The van der Waals surface area contributed by atoms with Crippen LogP contribution in [0, 0.1) is 13.8 Å². The predicted octanol–water partition coefficient (Wildman–Crippen LogP) is 1.89. The highest BCUT2D eigenvalue weighted by molar-refractivity contribution is 5.91. The first-order chi connectivity index (χ1) is 11.0. The minimum Gasteiger partial charge on any atom is -0.399 e. The third kappa shape index (κ3) is 3.13. The van der Waals surface area contributed by atoms with Gasteiger partial charge in [-0.05, 0) is 50.1 Å². The number of aryl methyl sites for hydroxylation is 2. The zero-order chi connectivity index (χ0) is 16.4. The number of nitrogen functional groups attached to an aromatic ring is 1. The summed E-state index contributed by atoms with van der Waals surface area (Å²) in [5.74, 6) is 0.535. The van der Waals surface area contributed by atoms with Crippen LogP contribution >= 0.6 is 0 Å². The van der Waals surface area contributed by atoms with Crippen molar-refractivity contribution in [3.63, 3.8) is 0 Å². The van der Waals surface area contributed by atoms with Gasteiger partial charge in [0, 0.05) is 29.2 Å². The highest BCUT2D eigenvalue weighted by atomic mass is 16.1. The largest absolute Gasteiger partial charge is 0.399 e. The summed E-state index contributed by atoms with van der Waals surface area (Å²) in [7, 11) is 0. The maximum absolute atomic E-state index is 12.1. The molecule has 118 valence electrons. The summed E-state index contributed by atoms with van der Waals surface area (Å²) >= 11 is 0. The van der Waals surface area contributed by atoms with Gasteiger partial charge in [0.2, 0.25) is 5.91 Å². The highest BCUT2D eigenvalue weighted by Crippen LogP contribution is 2.16. The van der Waals surface area contributed by atoms with Crippen LogP contribution in [0.15, 0.2) is 30.6 Å². The number of hydrogen-bond acceptors (Lipinski definition) is 5. The summed E-state index contributed by atoms with van der Waals surface area (Å²) in [4.78, 5) is 16.5. The molecule has 23 heavy (non-hydrogen) atoms. The molecule has 0 bridgehead atoms. The fraction of sp³-hybridized carbons (Fsp3) is 0.250. The summed E-state index contributed by atoms with van der Waals surface area (Å²) < 4.78 is 1.83. The number of carbonyl (C=O) groups is 1. The molecule has 7 nitrogen and oxygen atoms in total. The van der Waals surface area contributed by atoms with Crippen LogP contribution in [0.2, 0.25) is 0 Å². The van der Waals surface area contributed by atoms with Crippen molar-refractivity contribution in [2.45, 2.75) is 26.7 Å². The van der Waals surface area contributed by atoms with E-state index in [2.05, 4.69) is 20.5 Å². The van der Waals surface area contributed by atoms with Crippen molar-refractivity contribution in [1.29, 1.82) is 0 Å². The standard InChI is InChI=1S/C16H18N6O/c1-10-14(11(2)22-9-18-21-16(22)19-10)7-8-15(23)20-13-5-3-12(17)4-6-13/h3-6,9H,7-8,17H2,1-2H3,(H,20,23). The molecular formula is C16H18N6O. The van der Waals surface area contributed by atoms with Gasteiger partial charge in [0.15, 0.2) is 0 Å². The van der Waals surface area contributed by atoms with Crippen LogP contribution in [0.25, 0.3) is 5.78 Å². The average molecular weight is 310 g/mol. The number of rotatable bonds is 4. The number of nitrogens with two attached hydrogens (primary N) is 1. The first-order valence-electron chi connectivity index (χ1n) is 7.36. The second-order valence-electron chi connectivity index (χ2n) is 5.43. The molecule has 1 aromatic carbocycles. The molecular weight excluding hydrogens is 292 g/mol. The van der Waals surface area contributed by atoms with Crippen LogP contribution in [0.3, 0.4) is 0 Å². The Bertz CT molecular complexity index is 853. The number of benzene rings is 1. The topological polar surface area (TPSA) is 98.2 Å². The highest BCUT2D eigenvalue weighted by Gasteiger charge is 2.12. The third-order valence-electron chi connectivity index (χ3n) is 3.83. The molecule has 0 saturated carbocycles. The Hall–Kier alpha value is -2.96.